The van der Waals surface area contributed by atoms with E-state index in [-0.39, 0.29) is 0 Å². The normalized spacial score (nSPS) is 11.3. The first kappa shape index (κ1) is 5.94. The van der Waals surface area contributed by atoms with Crippen molar-refractivity contribution < 1.29 is 19.8 Å². The molecule has 0 radical (unpaired) electrons. The maximum Gasteiger partial charge on any atom is 0.397 e. The molecule has 0 aromatic carbocycles. The molecule has 0 aromatic rings. The molecular weight excluding hydrogens is 98.0 g/mol. The number of hydrogen-bond donors (Lipinski definition) is 2. The summed E-state index contributed by atoms with van der Waals surface area (Å²) in [4.78, 5) is 9.55. The van der Waals surface area contributed by atoms with Crippen molar-refractivity contribution in [3.63, 3.8) is 0 Å². The van der Waals surface area contributed by atoms with E-state index in [1.54, 1.807) is 0 Å². The van der Waals surface area contributed by atoms with Crippen molar-refractivity contribution in [3.8, 4) is 0 Å². The maximum atomic E-state index is 9.55. The lowest BCUT2D eigenvalue weighted by atomic mass is 10.8. The third-order valence-electron chi connectivity index (χ3n) is 0.297. The van der Waals surface area contributed by atoms with Crippen LogP contribution in [0.15, 0.2) is 0 Å². The summed E-state index contributed by atoms with van der Waals surface area (Å²) in [7, 11) is 1.22. The highest BCUT2D eigenvalue weighted by Crippen LogP contribution is 1.51. The number of carboxylic acid groups (broad SMARTS) is 1. The predicted molar refractivity (Wildman–Crippen MR) is 21.7 cm³/mol. The summed E-state index contributed by atoms with van der Waals surface area (Å²) >= 11 is 0. The van der Waals surface area contributed by atoms with Crippen molar-refractivity contribution in [2.45, 2.75) is 0 Å². The number of hydrogen-bond acceptors (Lipinski definition) is 2. The summed E-state index contributed by atoms with van der Waals surface area (Å²) in [6.45, 7) is 0. The molecule has 0 aromatic heterocycles. The minimum Gasteiger partial charge on any atom is -0.474 e. The van der Waals surface area contributed by atoms with Gasteiger partial charge in [-0.05, 0) is 4.74 Å². The van der Waals surface area contributed by atoms with Gasteiger partial charge in [-0.1, -0.05) is 0 Å². The van der Waals surface area contributed by atoms with Crippen LogP contribution in [-0.4, -0.2) is 34.3 Å². The van der Waals surface area contributed by atoms with Crippen LogP contribution in [0.1, 0.15) is 0 Å². The topological polar surface area (TPSA) is 60.5 Å². The number of nitrogens with zero attached hydrogens (tertiary/aromatic N) is 1. The van der Waals surface area contributed by atoms with Gasteiger partial charge in [0.1, 0.15) is 0 Å². The fraction of sp³-hybridized carbons (Fsp3) is 0.333. The molecule has 0 saturated carbocycles. The van der Waals surface area contributed by atoms with Crippen molar-refractivity contribution in [2.75, 3.05) is 7.05 Å². The van der Waals surface area contributed by atoms with E-state index in [1.165, 1.54) is 7.05 Å². The molecule has 0 unspecified atom stereocenters. The molecule has 0 spiro atoms. The Morgan fingerprint density at radius 1 is 1.86 bits per heavy atom. The van der Waals surface area contributed by atoms with Crippen molar-refractivity contribution in [1.82, 2.24) is 0 Å². The number of carboxylic acids is 1. The summed E-state index contributed by atoms with van der Waals surface area (Å²) in [6.07, 6.45) is 0.639. The van der Waals surface area contributed by atoms with E-state index in [4.69, 9.17) is 10.3 Å². The molecule has 4 nitrogen and oxygen atoms in total. The first-order valence-electron chi connectivity index (χ1n) is 1.62. The predicted octanol–water partition coefficient (Wildman–Crippen LogP) is -0.827. The SMILES string of the molecule is C[N+](O)=CC(=O)O. The smallest absolute Gasteiger partial charge is 0.397 e. The van der Waals surface area contributed by atoms with E-state index in [0.29, 0.717) is 11.0 Å². The summed E-state index contributed by atoms with van der Waals surface area (Å²) < 4.78 is 0.475. The standard InChI is InChI=1S/C3H5NO3/c1-4(7)2-3(5)6/h2H,1H3,(H-,5,6,7)/p+1. The van der Waals surface area contributed by atoms with Gasteiger partial charge in [-0.2, -0.15) is 0 Å². The summed E-state index contributed by atoms with van der Waals surface area (Å²) in [6, 6.07) is 0. The monoisotopic (exact) mass is 104 g/mol. The van der Waals surface area contributed by atoms with Crippen LogP contribution in [-0.2, 0) is 4.79 Å². The van der Waals surface area contributed by atoms with Crippen LogP contribution in [0.2, 0.25) is 0 Å². The fourth-order valence-electron chi connectivity index (χ4n) is 0.160. The Balaban J connectivity index is 3.68. The number of rotatable bonds is 1. The molecule has 2 N–H and O–H groups in total. The number of aliphatic carboxylic acids is 1. The molecule has 4 heteroatoms. The van der Waals surface area contributed by atoms with E-state index in [9.17, 15) is 4.79 Å². The van der Waals surface area contributed by atoms with Gasteiger partial charge in [-0.15, -0.1) is 0 Å². The third-order valence-corrected chi connectivity index (χ3v) is 0.297. The van der Waals surface area contributed by atoms with Crippen molar-refractivity contribution in [3.05, 3.63) is 0 Å². The molecule has 0 aliphatic rings. The molecule has 0 heterocycles. The third kappa shape index (κ3) is 4.94. The van der Waals surface area contributed by atoms with Gasteiger partial charge in [0.15, 0.2) is 7.05 Å². The van der Waals surface area contributed by atoms with E-state index in [2.05, 4.69) is 0 Å². The molecule has 0 aliphatic heterocycles. The Morgan fingerprint density at radius 3 is 2.29 bits per heavy atom. The molecule has 0 aliphatic carbocycles. The van der Waals surface area contributed by atoms with Gasteiger partial charge in [0.2, 0.25) is 0 Å². The van der Waals surface area contributed by atoms with E-state index in [1.807, 2.05) is 0 Å². The molecule has 0 amide bonds. The lowest BCUT2D eigenvalue weighted by Gasteiger charge is -1.73. The van der Waals surface area contributed by atoms with Crippen LogP contribution in [0.4, 0.5) is 0 Å². The van der Waals surface area contributed by atoms with Crippen LogP contribution >= 0.6 is 0 Å². The van der Waals surface area contributed by atoms with Crippen LogP contribution in [0.3, 0.4) is 0 Å². The van der Waals surface area contributed by atoms with Gasteiger partial charge >= 0.3 is 5.97 Å². The van der Waals surface area contributed by atoms with Gasteiger partial charge in [0.25, 0.3) is 6.21 Å². The molecule has 0 fully saturated rings. The second kappa shape index (κ2) is 2.17. The lowest BCUT2D eigenvalue weighted by molar-refractivity contribution is -0.750. The van der Waals surface area contributed by atoms with Crippen LogP contribution < -0.4 is 0 Å². The van der Waals surface area contributed by atoms with E-state index < -0.39 is 5.97 Å². The van der Waals surface area contributed by atoms with Gasteiger partial charge in [0, 0.05) is 0 Å². The Bertz CT molecular complexity index is 103. The first-order valence-corrected chi connectivity index (χ1v) is 1.62. The highest BCUT2D eigenvalue weighted by molar-refractivity contribution is 6.19. The average Bonchev–Trinajstić information content (AvgIpc) is 1.27. The molecule has 7 heavy (non-hydrogen) atoms. The van der Waals surface area contributed by atoms with Gasteiger partial charge in [-0.25, -0.2) is 4.79 Å². The summed E-state index contributed by atoms with van der Waals surface area (Å²) in [5.41, 5.74) is 0. The van der Waals surface area contributed by atoms with Crippen LogP contribution in [0.5, 0.6) is 0 Å². The van der Waals surface area contributed by atoms with Gasteiger partial charge in [0.05, 0.1) is 0 Å². The van der Waals surface area contributed by atoms with E-state index in [0.717, 1.165) is 0 Å². The van der Waals surface area contributed by atoms with Crippen LogP contribution in [0.25, 0.3) is 0 Å². The number of hydroxylamine groups is 1. The summed E-state index contributed by atoms with van der Waals surface area (Å²) in [5.74, 6) is -1.16. The quantitative estimate of drug-likeness (QED) is 0.197. The lowest BCUT2D eigenvalue weighted by Crippen LogP contribution is -2.08. The molecular formula is C3H6NO3+. The molecule has 0 atom stereocenters. The van der Waals surface area contributed by atoms with Crippen molar-refractivity contribution >= 4 is 12.2 Å². The Labute approximate surface area is 40.3 Å². The van der Waals surface area contributed by atoms with E-state index >= 15 is 0 Å². The van der Waals surface area contributed by atoms with Crippen LogP contribution in [0, 0.1) is 0 Å². The molecule has 0 saturated heterocycles. The second-order valence-electron chi connectivity index (χ2n) is 1.04. The van der Waals surface area contributed by atoms with Crippen molar-refractivity contribution in [2.24, 2.45) is 0 Å². The second-order valence-corrected chi connectivity index (χ2v) is 1.04. The molecule has 0 bridgehead atoms. The highest BCUT2D eigenvalue weighted by atomic mass is 16.5. The minimum absolute atomic E-state index is 0.475. The molecule has 40 valence electrons. The Hall–Kier alpha value is -1.06. The average molecular weight is 104 g/mol. The summed E-state index contributed by atoms with van der Waals surface area (Å²) in [5, 5.41) is 15.9. The van der Waals surface area contributed by atoms with Crippen molar-refractivity contribution in [1.29, 1.82) is 0 Å². The molecule has 0 rings (SSSR count). The Kier molecular flexibility index (Phi) is 1.84. The Morgan fingerprint density at radius 2 is 2.29 bits per heavy atom. The first-order chi connectivity index (χ1) is 3.13. The minimum atomic E-state index is -1.16. The highest BCUT2D eigenvalue weighted by Gasteiger charge is 1.94. The number of carbonyl (C=O) groups is 1. The largest absolute Gasteiger partial charge is 0.474 e. The zero-order valence-corrected chi connectivity index (χ0v) is 3.83. The van der Waals surface area contributed by atoms with Gasteiger partial charge < -0.3 is 5.11 Å². The zero-order chi connectivity index (χ0) is 5.86. The fourth-order valence-corrected chi connectivity index (χ4v) is 0.160. The van der Waals surface area contributed by atoms with Gasteiger partial charge in [-0.3, -0.25) is 5.21 Å². The maximum absolute atomic E-state index is 9.55. The zero-order valence-electron chi connectivity index (χ0n) is 3.83.